The van der Waals surface area contributed by atoms with Gasteiger partial charge in [0.15, 0.2) is 23.5 Å². The molecular formula is C28H32O17. The van der Waals surface area contributed by atoms with Gasteiger partial charge >= 0.3 is 0 Å². The molecule has 17 heteroatoms. The van der Waals surface area contributed by atoms with Gasteiger partial charge in [-0.1, -0.05) is 0 Å². The van der Waals surface area contributed by atoms with Crippen LogP contribution < -0.4 is 14.9 Å². The first kappa shape index (κ1) is 32.6. The fraction of sp³-hybridized carbons (Fsp3) is 0.464. The average molecular weight is 641 g/mol. The molecule has 2 aromatic carbocycles. The predicted molar refractivity (Wildman–Crippen MR) is 146 cm³/mol. The number of hydrogen-bond donors (Lipinski definition) is 10. The molecular weight excluding hydrogens is 608 g/mol. The molecule has 246 valence electrons. The van der Waals surface area contributed by atoms with E-state index in [9.17, 15) is 55.9 Å². The molecule has 45 heavy (non-hydrogen) atoms. The zero-order chi connectivity index (χ0) is 32.7. The van der Waals surface area contributed by atoms with Gasteiger partial charge in [0.1, 0.15) is 71.3 Å². The number of methoxy groups -OCH3 is 1. The van der Waals surface area contributed by atoms with Crippen molar-refractivity contribution in [1.82, 2.24) is 0 Å². The molecule has 0 amide bonds. The van der Waals surface area contributed by atoms with Crippen molar-refractivity contribution < 1.29 is 79.2 Å². The highest BCUT2D eigenvalue weighted by atomic mass is 16.7. The highest BCUT2D eigenvalue weighted by molar-refractivity contribution is 5.88. The van der Waals surface area contributed by atoms with Gasteiger partial charge in [-0.2, -0.15) is 0 Å². The Morgan fingerprint density at radius 2 is 1.44 bits per heavy atom. The third-order valence-corrected chi connectivity index (χ3v) is 7.56. The summed E-state index contributed by atoms with van der Waals surface area (Å²) in [5.74, 6) is -2.43. The highest BCUT2D eigenvalue weighted by Crippen LogP contribution is 2.40. The van der Waals surface area contributed by atoms with Gasteiger partial charge in [0, 0.05) is 17.7 Å². The molecule has 0 radical (unpaired) electrons. The molecule has 0 spiro atoms. The van der Waals surface area contributed by atoms with Crippen LogP contribution in [0.5, 0.6) is 28.7 Å². The lowest BCUT2D eigenvalue weighted by Crippen LogP contribution is -2.65. The Bertz CT molecular complexity index is 1570. The van der Waals surface area contributed by atoms with Crippen LogP contribution in [0.1, 0.15) is 0 Å². The minimum atomic E-state index is -2.01. The molecule has 0 saturated carbocycles. The molecule has 0 bridgehead atoms. The molecule has 2 aliphatic rings. The Morgan fingerprint density at radius 1 is 0.778 bits per heavy atom. The summed E-state index contributed by atoms with van der Waals surface area (Å²) >= 11 is 0. The molecule has 0 unspecified atom stereocenters. The summed E-state index contributed by atoms with van der Waals surface area (Å²) in [5.41, 5.74) is -1.20. The van der Waals surface area contributed by atoms with Gasteiger partial charge in [-0.15, -0.1) is 0 Å². The lowest BCUT2D eigenvalue weighted by Gasteiger charge is -2.45. The fourth-order valence-corrected chi connectivity index (χ4v) is 5.15. The largest absolute Gasteiger partial charge is 0.508 e. The molecule has 3 aromatic rings. The molecule has 2 aliphatic heterocycles. The SMILES string of the molecule is COc1cc(-c2oc3cc(O)cc(O)c3c(=O)c2O[C@@H]2O[C@H](CO)[C@H](O)[C@H](O[C@@H]3O[C@H](CO)[C@@H](O)[C@H](O)[C@H]3O)[C@H]2O)ccc1O. The van der Waals surface area contributed by atoms with Gasteiger partial charge in [-0.3, -0.25) is 4.79 Å². The van der Waals surface area contributed by atoms with Crippen LogP contribution in [-0.4, -0.2) is 133 Å². The van der Waals surface area contributed by atoms with Gasteiger partial charge in [0.05, 0.1) is 20.3 Å². The van der Waals surface area contributed by atoms with Crippen molar-refractivity contribution in [3.8, 4) is 40.1 Å². The van der Waals surface area contributed by atoms with Crippen molar-refractivity contribution >= 4 is 11.0 Å². The second-order valence-electron chi connectivity index (χ2n) is 10.4. The Hall–Kier alpha value is -3.75. The number of aliphatic hydroxyl groups excluding tert-OH is 7. The van der Waals surface area contributed by atoms with E-state index in [0.717, 1.165) is 12.1 Å². The van der Waals surface area contributed by atoms with E-state index in [1.165, 1.54) is 25.3 Å². The molecule has 10 N–H and O–H groups in total. The van der Waals surface area contributed by atoms with Crippen LogP contribution in [0.2, 0.25) is 0 Å². The van der Waals surface area contributed by atoms with Crippen LogP contribution in [0.3, 0.4) is 0 Å². The molecule has 1 aromatic heterocycles. The van der Waals surface area contributed by atoms with E-state index >= 15 is 0 Å². The monoisotopic (exact) mass is 640 g/mol. The van der Waals surface area contributed by atoms with Crippen LogP contribution >= 0.6 is 0 Å². The van der Waals surface area contributed by atoms with Gasteiger partial charge < -0.3 is 79.2 Å². The van der Waals surface area contributed by atoms with Gasteiger partial charge in [-0.25, -0.2) is 0 Å². The fourth-order valence-electron chi connectivity index (χ4n) is 5.15. The third kappa shape index (κ3) is 5.98. The number of aliphatic hydroxyl groups is 7. The Labute approximate surface area is 252 Å². The molecule has 5 rings (SSSR count). The Balaban J connectivity index is 1.56. The van der Waals surface area contributed by atoms with E-state index in [0.29, 0.717) is 0 Å². The maximum atomic E-state index is 13.7. The summed E-state index contributed by atoms with van der Waals surface area (Å²) in [6, 6.07) is 5.74. The van der Waals surface area contributed by atoms with Gasteiger partial charge in [-0.05, 0) is 18.2 Å². The predicted octanol–water partition coefficient (Wildman–Crippen LogP) is -2.41. The van der Waals surface area contributed by atoms with Crippen LogP contribution in [0.15, 0.2) is 39.5 Å². The van der Waals surface area contributed by atoms with E-state index in [-0.39, 0.29) is 28.4 Å². The second kappa shape index (κ2) is 12.9. The Morgan fingerprint density at radius 3 is 2.11 bits per heavy atom. The maximum Gasteiger partial charge on any atom is 0.239 e. The number of ether oxygens (including phenoxy) is 5. The number of fused-ring (bicyclic) bond motifs is 1. The molecule has 17 nitrogen and oxygen atoms in total. The summed E-state index contributed by atoms with van der Waals surface area (Å²) in [4.78, 5) is 13.7. The van der Waals surface area contributed by atoms with Crippen molar-refractivity contribution in [2.24, 2.45) is 0 Å². The summed E-state index contributed by atoms with van der Waals surface area (Å²) in [5, 5.41) is 102. The molecule has 2 saturated heterocycles. The van der Waals surface area contributed by atoms with Crippen LogP contribution in [0.4, 0.5) is 0 Å². The third-order valence-electron chi connectivity index (χ3n) is 7.56. The van der Waals surface area contributed by atoms with Crippen molar-refractivity contribution in [2.75, 3.05) is 20.3 Å². The molecule has 0 aliphatic carbocycles. The average Bonchev–Trinajstić information content (AvgIpc) is 3.01. The van der Waals surface area contributed by atoms with E-state index < -0.39 is 103 Å². The number of phenols is 3. The van der Waals surface area contributed by atoms with Crippen molar-refractivity contribution in [2.45, 2.75) is 61.4 Å². The maximum absolute atomic E-state index is 13.7. The Kier molecular flexibility index (Phi) is 9.38. The number of hydrogen-bond acceptors (Lipinski definition) is 17. The van der Waals surface area contributed by atoms with Gasteiger partial charge in [0.2, 0.25) is 17.5 Å². The highest BCUT2D eigenvalue weighted by Gasteiger charge is 2.51. The van der Waals surface area contributed by atoms with Crippen molar-refractivity contribution in [1.29, 1.82) is 0 Å². The number of rotatable bonds is 8. The van der Waals surface area contributed by atoms with Crippen molar-refractivity contribution in [3.63, 3.8) is 0 Å². The first-order valence-electron chi connectivity index (χ1n) is 13.5. The standard InChI is InChI=1S/C28H32O17/c1-40-13-4-9(2-3-11(13)32)24-26(20(36)17-12(33)5-10(31)6-14(17)41-24)45-28-23(39)25(19(35)16(8-30)43-28)44-27-22(38)21(37)18(34)15(7-29)42-27/h2-6,15-16,18-19,21-23,25,27-35,37-39H,7-8H2,1H3/t15-,16-,18-,19+,21+,22-,23-,25+,27+,28+/m1/s1. The lowest BCUT2D eigenvalue weighted by atomic mass is 9.97. The summed E-state index contributed by atoms with van der Waals surface area (Å²) in [6.07, 6.45) is -17.8. The zero-order valence-corrected chi connectivity index (χ0v) is 23.4. The molecule has 2 fully saturated rings. The molecule has 10 atom stereocenters. The van der Waals surface area contributed by atoms with E-state index in [2.05, 4.69) is 0 Å². The number of aromatic hydroxyl groups is 3. The quantitative estimate of drug-likeness (QED) is 0.123. The van der Waals surface area contributed by atoms with Crippen LogP contribution in [-0.2, 0) is 14.2 Å². The number of benzene rings is 2. The lowest BCUT2D eigenvalue weighted by molar-refractivity contribution is -0.352. The molecule has 3 heterocycles. The van der Waals surface area contributed by atoms with Crippen LogP contribution in [0, 0.1) is 0 Å². The summed E-state index contributed by atoms with van der Waals surface area (Å²) in [7, 11) is 1.27. The second-order valence-corrected chi connectivity index (χ2v) is 10.4. The van der Waals surface area contributed by atoms with E-state index in [1.807, 2.05) is 0 Å². The minimum Gasteiger partial charge on any atom is -0.508 e. The van der Waals surface area contributed by atoms with Gasteiger partial charge in [0.25, 0.3) is 0 Å². The van der Waals surface area contributed by atoms with Crippen molar-refractivity contribution in [3.05, 3.63) is 40.6 Å². The minimum absolute atomic E-state index is 0.0367. The number of phenolic OH excluding ortho intramolecular Hbond substituents is 3. The van der Waals surface area contributed by atoms with E-state index in [1.54, 1.807) is 0 Å². The first-order valence-corrected chi connectivity index (χ1v) is 13.5. The normalized spacial score (nSPS) is 32.0. The topological polar surface area (TPSA) is 279 Å². The first-order chi connectivity index (χ1) is 21.4. The summed E-state index contributed by atoms with van der Waals surface area (Å²) < 4.78 is 33.2. The van der Waals surface area contributed by atoms with E-state index in [4.69, 9.17) is 28.1 Å². The summed E-state index contributed by atoms with van der Waals surface area (Å²) in [6.45, 7) is -1.65. The zero-order valence-electron chi connectivity index (χ0n) is 23.4. The smallest absolute Gasteiger partial charge is 0.239 e. The van der Waals surface area contributed by atoms with Crippen LogP contribution in [0.25, 0.3) is 22.3 Å².